The summed E-state index contributed by atoms with van der Waals surface area (Å²) in [5.74, 6) is 1.53. The van der Waals surface area contributed by atoms with Crippen LogP contribution in [0.25, 0.3) is 0 Å². The van der Waals surface area contributed by atoms with E-state index in [0.29, 0.717) is 18.0 Å². The van der Waals surface area contributed by atoms with E-state index in [0.717, 1.165) is 24.0 Å². The second kappa shape index (κ2) is 5.57. The summed E-state index contributed by atoms with van der Waals surface area (Å²) in [4.78, 5) is 2.60. The molecule has 0 bridgehead atoms. The highest BCUT2D eigenvalue weighted by molar-refractivity contribution is 6.31. The van der Waals surface area contributed by atoms with E-state index in [1.54, 1.807) is 0 Å². The highest BCUT2D eigenvalue weighted by Crippen LogP contribution is 2.37. The number of rotatable bonds is 3. The monoisotopic (exact) mass is 292 g/mol. The van der Waals surface area contributed by atoms with Crippen molar-refractivity contribution in [2.75, 3.05) is 18.0 Å². The molecule has 2 unspecified atom stereocenters. The predicted molar refractivity (Wildman–Crippen MR) is 86.7 cm³/mol. The largest absolute Gasteiger partial charge is 0.365 e. The molecular formula is C17H25ClN2. The molecule has 110 valence electrons. The molecule has 0 radical (unpaired) electrons. The Bertz CT molecular complexity index is 482. The van der Waals surface area contributed by atoms with Gasteiger partial charge in [-0.25, -0.2) is 0 Å². The first-order chi connectivity index (χ1) is 9.58. The third-order valence-electron chi connectivity index (χ3n) is 4.89. The maximum Gasteiger partial charge on any atom is 0.0455 e. The van der Waals surface area contributed by atoms with Gasteiger partial charge in [-0.3, -0.25) is 0 Å². The van der Waals surface area contributed by atoms with Crippen LogP contribution in [0.3, 0.4) is 0 Å². The Morgan fingerprint density at radius 1 is 1.30 bits per heavy atom. The van der Waals surface area contributed by atoms with Crippen LogP contribution in [0.1, 0.15) is 32.3 Å². The van der Waals surface area contributed by atoms with E-state index in [1.807, 2.05) is 6.07 Å². The number of halogens is 1. The molecule has 3 heteroatoms. The summed E-state index contributed by atoms with van der Waals surface area (Å²) in [6, 6.07) is 7.51. The van der Waals surface area contributed by atoms with Crippen LogP contribution in [0.5, 0.6) is 0 Å². The summed E-state index contributed by atoms with van der Waals surface area (Å²) >= 11 is 6.33. The van der Waals surface area contributed by atoms with Crippen molar-refractivity contribution in [2.45, 2.75) is 45.7 Å². The average molecular weight is 293 g/mol. The number of nitrogens with zero attached hydrogens (tertiary/aromatic N) is 1. The molecule has 3 rings (SSSR count). The Hall–Kier alpha value is -0.730. The zero-order valence-corrected chi connectivity index (χ0v) is 13.5. The van der Waals surface area contributed by atoms with Gasteiger partial charge < -0.3 is 10.2 Å². The minimum atomic E-state index is 0.558. The van der Waals surface area contributed by atoms with Gasteiger partial charge in [0, 0.05) is 35.9 Å². The normalized spacial score (nSPS) is 27.1. The summed E-state index contributed by atoms with van der Waals surface area (Å²) in [5, 5.41) is 4.65. The average Bonchev–Trinajstić information content (AvgIpc) is 3.25. The fourth-order valence-corrected chi connectivity index (χ4v) is 3.56. The molecule has 1 N–H and O–H groups in total. The van der Waals surface area contributed by atoms with Crippen LogP contribution in [-0.4, -0.2) is 25.2 Å². The van der Waals surface area contributed by atoms with Gasteiger partial charge in [-0.2, -0.15) is 0 Å². The van der Waals surface area contributed by atoms with E-state index in [2.05, 4.69) is 43.1 Å². The van der Waals surface area contributed by atoms with Crippen molar-refractivity contribution >= 4 is 17.3 Å². The molecule has 0 spiro atoms. The van der Waals surface area contributed by atoms with E-state index in [9.17, 15) is 0 Å². The van der Waals surface area contributed by atoms with E-state index >= 15 is 0 Å². The van der Waals surface area contributed by atoms with Gasteiger partial charge in [0.15, 0.2) is 0 Å². The zero-order chi connectivity index (χ0) is 14.3. The molecule has 20 heavy (non-hydrogen) atoms. The number of nitrogens with one attached hydrogen (secondary N) is 1. The lowest BCUT2D eigenvalue weighted by atomic mass is 9.95. The first-order valence-electron chi connectivity index (χ1n) is 7.83. The lowest BCUT2D eigenvalue weighted by Gasteiger charge is -2.44. The summed E-state index contributed by atoms with van der Waals surface area (Å²) in [5.41, 5.74) is 2.54. The Labute approximate surface area is 127 Å². The van der Waals surface area contributed by atoms with Crippen molar-refractivity contribution in [1.82, 2.24) is 5.32 Å². The van der Waals surface area contributed by atoms with Crippen LogP contribution in [0.4, 0.5) is 5.69 Å². The summed E-state index contributed by atoms with van der Waals surface area (Å²) in [6.07, 6.45) is 2.79. The second-order valence-corrected chi connectivity index (χ2v) is 7.11. The maximum absolute atomic E-state index is 6.33. The molecule has 2 aliphatic rings. The molecule has 1 aliphatic heterocycles. The third kappa shape index (κ3) is 2.68. The van der Waals surface area contributed by atoms with Crippen LogP contribution in [0.15, 0.2) is 18.2 Å². The third-order valence-corrected chi connectivity index (χ3v) is 5.30. The van der Waals surface area contributed by atoms with Crippen molar-refractivity contribution in [3.63, 3.8) is 0 Å². The standard InChI is InChI=1S/C17H25ClN2/c1-11(2)17-9-19-15(13-7-8-13)10-20(17)16-6-4-5-14(18)12(16)3/h4-6,11,13,15,17,19H,7-10H2,1-3H3. The van der Waals surface area contributed by atoms with Crippen LogP contribution in [0.2, 0.25) is 5.02 Å². The summed E-state index contributed by atoms with van der Waals surface area (Å²) < 4.78 is 0. The zero-order valence-electron chi connectivity index (χ0n) is 12.7. The smallest absolute Gasteiger partial charge is 0.0455 e. The summed E-state index contributed by atoms with van der Waals surface area (Å²) in [6.45, 7) is 8.98. The van der Waals surface area contributed by atoms with Crippen molar-refractivity contribution in [1.29, 1.82) is 0 Å². The topological polar surface area (TPSA) is 15.3 Å². The van der Waals surface area contributed by atoms with Gasteiger partial charge >= 0.3 is 0 Å². The van der Waals surface area contributed by atoms with Gasteiger partial charge in [-0.15, -0.1) is 0 Å². The fourth-order valence-electron chi connectivity index (χ4n) is 3.39. The second-order valence-electron chi connectivity index (χ2n) is 6.70. The number of hydrogen-bond acceptors (Lipinski definition) is 2. The highest BCUT2D eigenvalue weighted by Gasteiger charge is 2.38. The van der Waals surface area contributed by atoms with Crippen molar-refractivity contribution in [3.8, 4) is 0 Å². The molecule has 0 aromatic heterocycles. The Balaban J connectivity index is 1.90. The van der Waals surface area contributed by atoms with Crippen molar-refractivity contribution < 1.29 is 0 Å². The minimum Gasteiger partial charge on any atom is -0.365 e. The molecule has 1 aromatic carbocycles. The van der Waals surface area contributed by atoms with E-state index in [1.165, 1.54) is 24.1 Å². The molecule has 1 saturated heterocycles. The fraction of sp³-hybridized carbons (Fsp3) is 0.647. The Morgan fingerprint density at radius 2 is 2.05 bits per heavy atom. The number of benzene rings is 1. The molecule has 0 amide bonds. The van der Waals surface area contributed by atoms with Crippen molar-refractivity contribution in [3.05, 3.63) is 28.8 Å². The Kier molecular flexibility index (Phi) is 3.96. The molecule has 2 fully saturated rings. The Morgan fingerprint density at radius 3 is 2.70 bits per heavy atom. The number of piperazine rings is 1. The molecule has 2 nitrogen and oxygen atoms in total. The van der Waals surface area contributed by atoms with Gasteiger partial charge in [0.05, 0.1) is 0 Å². The molecule has 1 heterocycles. The van der Waals surface area contributed by atoms with Crippen LogP contribution >= 0.6 is 11.6 Å². The van der Waals surface area contributed by atoms with Crippen molar-refractivity contribution in [2.24, 2.45) is 11.8 Å². The molecule has 2 atom stereocenters. The summed E-state index contributed by atoms with van der Waals surface area (Å²) in [7, 11) is 0. The molecule has 1 aliphatic carbocycles. The highest BCUT2D eigenvalue weighted by atomic mass is 35.5. The lowest BCUT2D eigenvalue weighted by Crippen LogP contribution is -2.59. The number of anilines is 1. The molecule has 1 aromatic rings. The van der Waals surface area contributed by atoms with E-state index in [4.69, 9.17) is 11.6 Å². The quantitative estimate of drug-likeness (QED) is 0.910. The van der Waals surface area contributed by atoms with Gasteiger partial charge in [0.1, 0.15) is 0 Å². The van der Waals surface area contributed by atoms with Gasteiger partial charge in [-0.05, 0) is 49.3 Å². The first kappa shape index (κ1) is 14.2. The minimum absolute atomic E-state index is 0.558. The van der Waals surface area contributed by atoms with Crippen LogP contribution in [0, 0.1) is 18.8 Å². The SMILES string of the molecule is Cc1c(Cl)cccc1N1CC(C2CC2)NCC1C(C)C. The first-order valence-corrected chi connectivity index (χ1v) is 8.21. The lowest BCUT2D eigenvalue weighted by molar-refractivity contribution is 0.320. The molecular weight excluding hydrogens is 268 g/mol. The van der Waals surface area contributed by atoms with Gasteiger partial charge in [0.25, 0.3) is 0 Å². The predicted octanol–water partition coefficient (Wildman–Crippen LogP) is 3.86. The van der Waals surface area contributed by atoms with E-state index in [-0.39, 0.29) is 0 Å². The van der Waals surface area contributed by atoms with E-state index < -0.39 is 0 Å². The number of hydrogen-bond donors (Lipinski definition) is 1. The van der Waals surface area contributed by atoms with Gasteiger partial charge in [0.2, 0.25) is 0 Å². The van der Waals surface area contributed by atoms with Crippen LogP contribution in [-0.2, 0) is 0 Å². The maximum atomic E-state index is 6.33. The molecule has 1 saturated carbocycles. The van der Waals surface area contributed by atoms with Crippen LogP contribution < -0.4 is 10.2 Å². The van der Waals surface area contributed by atoms with Gasteiger partial charge in [-0.1, -0.05) is 31.5 Å².